The number of nitrogens with one attached hydrogen (secondary N) is 1. The van der Waals surface area contributed by atoms with E-state index in [-0.39, 0.29) is 5.91 Å². The maximum atomic E-state index is 12.3. The maximum absolute atomic E-state index is 12.3. The van der Waals surface area contributed by atoms with Crippen molar-refractivity contribution >= 4 is 17.3 Å². The smallest absolute Gasteiger partial charge is 0.255 e. The van der Waals surface area contributed by atoms with E-state index in [2.05, 4.69) is 5.32 Å². The van der Waals surface area contributed by atoms with E-state index in [1.54, 1.807) is 18.2 Å². The van der Waals surface area contributed by atoms with Gasteiger partial charge in [0.1, 0.15) is 13.2 Å². The van der Waals surface area contributed by atoms with Gasteiger partial charge < -0.3 is 19.7 Å². The van der Waals surface area contributed by atoms with Crippen molar-refractivity contribution in [1.82, 2.24) is 0 Å². The van der Waals surface area contributed by atoms with Gasteiger partial charge in [-0.05, 0) is 42.5 Å². The zero-order valence-corrected chi connectivity index (χ0v) is 12.6. The van der Waals surface area contributed by atoms with Crippen LogP contribution in [0.4, 0.5) is 11.4 Å². The van der Waals surface area contributed by atoms with Crippen LogP contribution in [-0.2, 0) is 0 Å². The van der Waals surface area contributed by atoms with Gasteiger partial charge in [-0.1, -0.05) is 0 Å². The fourth-order valence-electron chi connectivity index (χ4n) is 2.23. The lowest BCUT2D eigenvalue weighted by atomic mass is 10.1. The lowest BCUT2D eigenvalue weighted by molar-refractivity contribution is 0.102. The van der Waals surface area contributed by atoms with Crippen LogP contribution in [0.2, 0.25) is 0 Å². The third-order valence-electron chi connectivity index (χ3n) is 3.45. The molecule has 0 radical (unpaired) electrons. The van der Waals surface area contributed by atoms with E-state index in [0.29, 0.717) is 30.3 Å². The van der Waals surface area contributed by atoms with Crippen LogP contribution in [0.3, 0.4) is 0 Å². The third-order valence-corrected chi connectivity index (χ3v) is 3.45. The Balaban J connectivity index is 1.74. The summed E-state index contributed by atoms with van der Waals surface area (Å²) in [5.41, 5.74) is 2.38. The summed E-state index contributed by atoms with van der Waals surface area (Å²) in [5, 5.41) is 2.88. The van der Waals surface area contributed by atoms with Crippen molar-refractivity contribution in [2.45, 2.75) is 0 Å². The number of benzene rings is 2. The minimum absolute atomic E-state index is 0.172. The van der Waals surface area contributed by atoms with Crippen LogP contribution in [0.1, 0.15) is 10.4 Å². The monoisotopic (exact) mass is 298 g/mol. The number of hydrogen-bond donors (Lipinski definition) is 1. The molecule has 1 aliphatic heterocycles. The number of amides is 1. The highest BCUT2D eigenvalue weighted by Gasteiger charge is 2.15. The van der Waals surface area contributed by atoms with Crippen LogP contribution in [0.25, 0.3) is 0 Å². The maximum Gasteiger partial charge on any atom is 0.255 e. The number of nitrogens with zero attached hydrogens (tertiary/aromatic N) is 1. The molecule has 22 heavy (non-hydrogen) atoms. The second-order valence-electron chi connectivity index (χ2n) is 5.25. The quantitative estimate of drug-likeness (QED) is 0.946. The summed E-state index contributed by atoms with van der Waals surface area (Å²) in [7, 11) is 3.95. The highest BCUT2D eigenvalue weighted by molar-refractivity contribution is 6.04. The molecule has 1 amide bonds. The summed E-state index contributed by atoms with van der Waals surface area (Å²) in [6.07, 6.45) is 0. The predicted molar refractivity (Wildman–Crippen MR) is 86.2 cm³/mol. The average Bonchev–Trinajstić information content (AvgIpc) is 2.55. The summed E-state index contributed by atoms with van der Waals surface area (Å²) >= 11 is 0. The largest absolute Gasteiger partial charge is 0.486 e. The van der Waals surface area contributed by atoms with Gasteiger partial charge in [-0.2, -0.15) is 0 Å². The molecule has 0 fully saturated rings. The summed E-state index contributed by atoms with van der Waals surface area (Å²) in [6, 6.07) is 12.9. The van der Waals surface area contributed by atoms with Crippen LogP contribution >= 0.6 is 0 Å². The Morgan fingerprint density at radius 3 is 2.36 bits per heavy atom. The lowest BCUT2D eigenvalue weighted by Gasteiger charge is -2.18. The van der Waals surface area contributed by atoms with Crippen molar-refractivity contribution in [2.75, 3.05) is 37.5 Å². The highest BCUT2D eigenvalue weighted by atomic mass is 16.6. The number of ether oxygens (including phenoxy) is 2. The molecular weight excluding hydrogens is 280 g/mol. The molecule has 0 aliphatic carbocycles. The zero-order chi connectivity index (χ0) is 15.5. The van der Waals surface area contributed by atoms with E-state index in [1.165, 1.54) is 0 Å². The van der Waals surface area contributed by atoms with E-state index in [4.69, 9.17) is 9.47 Å². The molecule has 5 heteroatoms. The molecule has 0 spiro atoms. The van der Waals surface area contributed by atoms with Crippen LogP contribution in [0.15, 0.2) is 42.5 Å². The van der Waals surface area contributed by atoms with Gasteiger partial charge in [0.25, 0.3) is 5.91 Å². The number of hydrogen-bond acceptors (Lipinski definition) is 4. The Labute approximate surface area is 129 Å². The van der Waals surface area contributed by atoms with Gasteiger partial charge in [0.05, 0.1) is 0 Å². The molecule has 0 unspecified atom stereocenters. The standard InChI is InChI=1S/C17H18N2O3/c1-19(2)14-6-4-13(5-7-14)18-17(20)12-3-8-15-16(11-12)22-10-9-21-15/h3-8,11H,9-10H2,1-2H3,(H,18,20). The molecule has 0 saturated heterocycles. The molecule has 0 saturated carbocycles. The lowest BCUT2D eigenvalue weighted by Crippen LogP contribution is -2.17. The fraction of sp³-hybridized carbons (Fsp3) is 0.235. The summed E-state index contributed by atoms with van der Waals surface area (Å²) in [5.74, 6) is 1.12. The first-order valence-electron chi connectivity index (χ1n) is 7.12. The van der Waals surface area contributed by atoms with E-state index >= 15 is 0 Å². The summed E-state index contributed by atoms with van der Waals surface area (Å²) in [4.78, 5) is 14.3. The molecule has 3 rings (SSSR count). The van der Waals surface area contributed by atoms with Crippen molar-refractivity contribution in [3.63, 3.8) is 0 Å². The Morgan fingerprint density at radius 2 is 1.68 bits per heavy atom. The van der Waals surface area contributed by atoms with Crippen molar-refractivity contribution < 1.29 is 14.3 Å². The summed E-state index contributed by atoms with van der Waals surface area (Å²) < 4.78 is 10.9. The van der Waals surface area contributed by atoms with Gasteiger partial charge in [-0.25, -0.2) is 0 Å². The number of carbonyl (C=O) groups is 1. The SMILES string of the molecule is CN(C)c1ccc(NC(=O)c2ccc3c(c2)OCCO3)cc1. The van der Waals surface area contributed by atoms with Crippen LogP contribution < -0.4 is 19.7 Å². The molecule has 1 aliphatic rings. The summed E-state index contributed by atoms with van der Waals surface area (Å²) in [6.45, 7) is 1.04. The molecule has 1 heterocycles. The Morgan fingerprint density at radius 1 is 1.00 bits per heavy atom. The van der Waals surface area contributed by atoms with E-state index in [1.807, 2.05) is 43.3 Å². The van der Waals surface area contributed by atoms with Gasteiger partial charge in [0.15, 0.2) is 11.5 Å². The van der Waals surface area contributed by atoms with Gasteiger partial charge in [-0.15, -0.1) is 0 Å². The van der Waals surface area contributed by atoms with Crippen LogP contribution in [0.5, 0.6) is 11.5 Å². The first-order valence-corrected chi connectivity index (χ1v) is 7.12. The molecule has 2 aromatic carbocycles. The first kappa shape index (κ1) is 14.3. The number of anilines is 2. The van der Waals surface area contributed by atoms with Crippen molar-refractivity contribution in [2.24, 2.45) is 0 Å². The molecule has 114 valence electrons. The van der Waals surface area contributed by atoms with Crippen molar-refractivity contribution in [3.05, 3.63) is 48.0 Å². The minimum Gasteiger partial charge on any atom is -0.486 e. The fourth-order valence-corrected chi connectivity index (χ4v) is 2.23. The molecule has 2 aromatic rings. The normalized spacial score (nSPS) is 12.6. The molecule has 5 nitrogen and oxygen atoms in total. The Hall–Kier alpha value is -2.69. The number of rotatable bonds is 3. The molecular formula is C17H18N2O3. The third kappa shape index (κ3) is 2.98. The Bertz CT molecular complexity index is 681. The van der Waals surface area contributed by atoms with Crippen molar-refractivity contribution in [3.8, 4) is 11.5 Å². The van der Waals surface area contributed by atoms with Gasteiger partial charge in [-0.3, -0.25) is 4.79 Å². The average molecular weight is 298 g/mol. The number of fused-ring (bicyclic) bond motifs is 1. The second kappa shape index (κ2) is 5.97. The Kier molecular flexibility index (Phi) is 3.87. The second-order valence-corrected chi connectivity index (χ2v) is 5.25. The first-order chi connectivity index (χ1) is 10.6. The molecule has 0 atom stereocenters. The van der Waals surface area contributed by atoms with E-state index in [0.717, 1.165) is 11.4 Å². The molecule has 0 bridgehead atoms. The molecule has 0 aromatic heterocycles. The van der Waals surface area contributed by atoms with Crippen LogP contribution in [0, 0.1) is 0 Å². The van der Waals surface area contributed by atoms with Gasteiger partial charge >= 0.3 is 0 Å². The number of carbonyl (C=O) groups excluding carboxylic acids is 1. The highest BCUT2D eigenvalue weighted by Crippen LogP contribution is 2.31. The van der Waals surface area contributed by atoms with E-state index in [9.17, 15) is 4.79 Å². The van der Waals surface area contributed by atoms with Crippen LogP contribution in [-0.4, -0.2) is 33.2 Å². The zero-order valence-electron chi connectivity index (χ0n) is 12.6. The van der Waals surface area contributed by atoms with Gasteiger partial charge in [0, 0.05) is 31.0 Å². The van der Waals surface area contributed by atoms with Gasteiger partial charge in [0.2, 0.25) is 0 Å². The molecule has 1 N–H and O–H groups in total. The van der Waals surface area contributed by atoms with E-state index < -0.39 is 0 Å². The minimum atomic E-state index is -0.172. The predicted octanol–water partition coefficient (Wildman–Crippen LogP) is 2.78. The van der Waals surface area contributed by atoms with Crippen molar-refractivity contribution in [1.29, 1.82) is 0 Å². The topological polar surface area (TPSA) is 50.8 Å².